The van der Waals surface area contributed by atoms with Gasteiger partial charge in [0, 0.05) is 19.6 Å². The van der Waals surface area contributed by atoms with Crippen LogP contribution in [0.1, 0.15) is 6.42 Å². The van der Waals surface area contributed by atoms with Crippen molar-refractivity contribution in [2.45, 2.75) is 11.3 Å². The van der Waals surface area contributed by atoms with Crippen molar-refractivity contribution in [1.29, 1.82) is 0 Å². The molecule has 0 radical (unpaired) electrons. The summed E-state index contributed by atoms with van der Waals surface area (Å²) >= 11 is 3.32. The van der Waals surface area contributed by atoms with Gasteiger partial charge < -0.3 is 10.1 Å². The van der Waals surface area contributed by atoms with Gasteiger partial charge in [0.2, 0.25) is 10.0 Å². The molecule has 0 unspecified atom stereocenters. The maximum Gasteiger partial charge on any atom is 0.243 e. The topological polar surface area (TPSA) is 58.6 Å². The van der Waals surface area contributed by atoms with Gasteiger partial charge in [-0.1, -0.05) is 0 Å². The molecule has 1 aliphatic heterocycles. The second-order valence-electron chi connectivity index (χ2n) is 4.30. The molecule has 114 valence electrons. The minimum absolute atomic E-state index is 0. The van der Waals surface area contributed by atoms with E-state index in [-0.39, 0.29) is 12.4 Å². The monoisotopic (exact) mass is 384 g/mol. The van der Waals surface area contributed by atoms with Crippen molar-refractivity contribution in [3.63, 3.8) is 0 Å². The highest BCUT2D eigenvalue weighted by Crippen LogP contribution is 2.28. The average Bonchev–Trinajstić information content (AvgIpc) is 2.67. The Morgan fingerprint density at radius 2 is 2.05 bits per heavy atom. The first-order chi connectivity index (χ1) is 9.05. The number of benzene rings is 1. The molecular weight excluding hydrogens is 368 g/mol. The third kappa shape index (κ3) is 3.85. The van der Waals surface area contributed by atoms with Crippen LogP contribution in [0.2, 0.25) is 0 Å². The molecule has 1 heterocycles. The summed E-state index contributed by atoms with van der Waals surface area (Å²) < 4.78 is 32.3. The van der Waals surface area contributed by atoms with Crippen LogP contribution in [0, 0.1) is 0 Å². The smallest absolute Gasteiger partial charge is 0.243 e. The van der Waals surface area contributed by atoms with Crippen LogP contribution in [-0.4, -0.2) is 46.0 Å². The lowest BCUT2D eigenvalue weighted by molar-refractivity contribution is 0.411. The molecule has 2 rings (SSSR count). The number of hydrogen-bond acceptors (Lipinski definition) is 4. The fraction of sp³-hybridized carbons (Fsp3) is 0.500. The third-order valence-corrected chi connectivity index (χ3v) is 5.57. The SMILES string of the molecule is COc1ccc(S(=O)(=O)N2CCCNCC2)cc1Br.Cl. The number of rotatable bonds is 3. The first kappa shape index (κ1) is 17.7. The molecule has 0 atom stereocenters. The summed E-state index contributed by atoms with van der Waals surface area (Å²) in [5.74, 6) is 0.622. The molecule has 0 amide bonds. The fourth-order valence-corrected chi connectivity index (χ4v) is 4.22. The summed E-state index contributed by atoms with van der Waals surface area (Å²) in [7, 11) is -1.87. The molecule has 0 aromatic heterocycles. The Hall–Kier alpha value is -0.340. The summed E-state index contributed by atoms with van der Waals surface area (Å²) in [6.07, 6.45) is 0.830. The lowest BCUT2D eigenvalue weighted by atomic mass is 10.3. The highest BCUT2D eigenvalue weighted by molar-refractivity contribution is 9.10. The fourth-order valence-electron chi connectivity index (χ4n) is 2.02. The van der Waals surface area contributed by atoms with E-state index in [2.05, 4.69) is 21.2 Å². The summed E-state index contributed by atoms with van der Waals surface area (Å²) in [6.45, 7) is 2.61. The van der Waals surface area contributed by atoms with Crippen LogP contribution >= 0.6 is 28.3 Å². The Morgan fingerprint density at radius 3 is 2.70 bits per heavy atom. The molecule has 5 nitrogen and oxygen atoms in total. The molecule has 0 spiro atoms. The number of sulfonamides is 1. The van der Waals surface area contributed by atoms with Crippen LogP contribution in [0.25, 0.3) is 0 Å². The molecule has 1 N–H and O–H groups in total. The van der Waals surface area contributed by atoms with Gasteiger partial charge in [-0.15, -0.1) is 12.4 Å². The van der Waals surface area contributed by atoms with Gasteiger partial charge in [0.05, 0.1) is 16.5 Å². The predicted molar refractivity (Wildman–Crippen MR) is 84.2 cm³/mol. The normalized spacial score (nSPS) is 17.1. The van der Waals surface area contributed by atoms with Crippen LogP contribution in [0.5, 0.6) is 5.75 Å². The van der Waals surface area contributed by atoms with Crippen molar-refractivity contribution in [2.75, 3.05) is 33.3 Å². The molecular formula is C12H18BrClN2O3S. The van der Waals surface area contributed by atoms with Crippen LogP contribution in [-0.2, 0) is 10.0 Å². The standard InChI is InChI=1S/C12H17BrN2O3S.ClH/c1-18-12-4-3-10(9-11(12)13)19(16,17)15-7-2-5-14-6-8-15;/h3-4,9,14H,2,5-8H2,1H3;1H. The zero-order valence-electron chi connectivity index (χ0n) is 11.1. The minimum Gasteiger partial charge on any atom is -0.496 e. The molecule has 20 heavy (non-hydrogen) atoms. The summed E-state index contributed by atoms with van der Waals surface area (Å²) in [5, 5.41) is 3.20. The number of nitrogens with one attached hydrogen (secondary N) is 1. The molecule has 1 saturated heterocycles. The van der Waals surface area contributed by atoms with Crippen LogP contribution in [0.3, 0.4) is 0 Å². The third-order valence-electron chi connectivity index (χ3n) is 3.06. The van der Waals surface area contributed by atoms with Crippen molar-refractivity contribution in [1.82, 2.24) is 9.62 Å². The maximum atomic E-state index is 12.5. The molecule has 0 bridgehead atoms. The lowest BCUT2D eigenvalue weighted by Gasteiger charge is -2.20. The van der Waals surface area contributed by atoms with Gasteiger partial charge in [0.25, 0.3) is 0 Å². The largest absolute Gasteiger partial charge is 0.496 e. The minimum atomic E-state index is -3.43. The first-order valence-corrected chi connectivity index (χ1v) is 8.33. The van der Waals surface area contributed by atoms with Crippen molar-refractivity contribution >= 4 is 38.4 Å². The zero-order chi connectivity index (χ0) is 13.9. The molecule has 0 aliphatic carbocycles. The van der Waals surface area contributed by atoms with Crippen molar-refractivity contribution < 1.29 is 13.2 Å². The maximum absolute atomic E-state index is 12.5. The Bertz CT molecular complexity index is 546. The number of ether oxygens (including phenoxy) is 1. The number of methoxy groups -OCH3 is 1. The first-order valence-electron chi connectivity index (χ1n) is 6.10. The molecule has 1 aliphatic rings. The molecule has 1 aromatic rings. The van der Waals surface area contributed by atoms with Gasteiger partial charge in [0.15, 0.2) is 0 Å². The van der Waals surface area contributed by atoms with Crippen molar-refractivity contribution in [3.05, 3.63) is 22.7 Å². The van der Waals surface area contributed by atoms with Crippen molar-refractivity contribution in [2.24, 2.45) is 0 Å². The van der Waals surface area contributed by atoms with E-state index in [1.165, 1.54) is 4.31 Å². The van der Waals surface area contributed by atoms with E-state index in [0.29, 0.717) is 34.8 Å². The van der Waals surface area contributed by atoms with Gasteiger partial charge in [-0.2, -0.15) is 4.31 Å². The summed E-state index contributed by atoms with van der Waals surface area (Å²) in [4.78, 5) is 0.294. The molecule has 1 fully saturated rings. The second-order valence-corrected chi connectivity index (χ2v) is 7.10. The Kier molecular flexibility index (Phi) is 6.74. The van der Waals surface area contributed by atoms with Gasteiger partial charge in [0.1, 0.15) is 5.75 Å². The molecule has 1 aromatic carbocycles. The van der Waals surface area contributed by atoms with E-state index < -0.39 is 10.0 Å². The summed E-state index contributed by atoms with van der Waals surface area (Å²) in [5.41, 5.74) is 0. The average molecular weight is 386 g/mol. The number of hydrogen-bond donors (Lipinski definition) is 1. The summed E-state index contributed by atoms with van der Waals surface area (Å²) in [6, 6.07) is 4.83. The molecule has 0 saturated carbocycles. The Morgan fingerprint density at radius 1 is 1.30 bits per heavy atom. The van der Waals surface area contributed by atoms with E-state index >= 15 is 0 Å². The second kappa shape index (κ2) is 7.61. The quantitative estimate of drug-likeness (QED) is 0.863. The van der Waals surface area contributed by atoms with Crippen LogP contribution in [0.4, 0.5) is 0 Å². The van der Waals surface area contributed by atoms with Gasteiger partial charge >= 0.3 is 0 Å². The van der Waals surface area contributed by atoms with Gasteiger partial charge in [-0.25, -0.2) is 8.42 Å². The Balaban J connectivity index is 0.00000200. The van der Waals surface area contributed by atoms with Crippen LogP contribution < -0.4 is 10.1 Å². The van der Waals surface area contributed by atoms with Gasteiger partial charge in [-0.3, -0.25) is 0 Å². The van der Waals surface area contributed by atoms with E-state index in [0.717, 1.165) is 13.0 Å². The van der Waals surface area contributed by atoms with Gasteiger partial charge in [-0.05, 0) is 47.1 Å². The van der Waals surface area contributed by atoms with E-state index in [1.54, 1.807) is 25.3 Å². The number of nitrogens with zero attached hydrogens (tertiary/aromatic N) is 1. The van der Waals surface area contributed by atoms with E-state index in [9.17, 15) is 8.42 Å². The van der Waals surface area contributed by atoms with E-state index in [4.69, 9.17) is 4.74 Å². The van der Waals surface area contributed by atoms with E-state index in [1.807, 2.05) is 0 Å². The van der Waals surface area contributed by atoms with Crippen molar-refractivity contribution in [3.8, 4) is 5.75 Å². The zero-order valence-corrected chi connectivity index (χ0v) is 14.4. The lowest BCUT2D eigenvalue weighted by Crippen LogP contribution is -2.34. The predicted octanol–water partition coefficient (Wildman–Crippen LogP) is 1.86. The molecule has 8 heteroatoms. The highest BCUT2D eigenvalue weighted by atomic mass is 79.9. The van der Waals surface area contributed by atoms with Crippen LogP contribution in [0.15, 0.2) is 27.6 Å². The number of halogens is 2. The highest BCUT2D eigenvalue weighted by Gasteiger charge is 2.25. The Labute approximate surface area is 134 Å².